The van der Waals surface area contributed by atoms with E-state index in [-0.39, 0.29) is 0 Å². The Morgan fingerprint density at radius 1 is 1.19 bits per heavy atom. The van der Waals surface area contributed by atoms with Crippen LogP contribution in [0.15, 0.2) is 17.7 Å². The van der Waals surface area contributed by atoms with Gasteiger partial charge in [0.2, 0.25) is 0 Å². The van der Waals surface area contributed by atoms with Gasteiger partial charge in [-0.2, -0.15) is 0 Å². The molecule has 2 rings (SSSR count). The summed E-state index contributed by atoms with van der Waals surface area (Å²) in [6.45, 7) is 6.55. The average molecular weight is 333 g/mol. The topological polar surface area (TPSA) is 0 Å². The van der Waals surface area contributed by atoms with Crippen molar-refractivity contribution in [3.05, 3.63) is 46.4 Å². The van der Waals surface area contributed by atoms with Gasteiger partial charge in [-0.3, -0.25) is 0 Å². The van der Waals surface area contributed by atoms with Crippen molar-refractivity contribution in [2.45, 2.75) is 27.2 Å². The number of aryl methyl sites for hydroxylation is 2. The van der Waals surface area contributed by atoms with Crippen LogP contribution in [0.4, 0.5) is 0 Å². The fourth-order valence-corrected chi connectivity index (χ4v) is 1.96. The van der Waals surface area contributed by atoms with Crippen LogP contribution < -0.4 is 0 Å². The second kappa shape index (κ2) is 6.99. The third kappa shape index (κ3) is 3.72. The summed E-state index contributed by atoms with van der Waals surface area (Å²) in [4.78, 5) is 0. The third-order valence-electron chi connectivity index (χ3n) is 2.64. The van der Waals surface area contributed by atoms with Gasteiger partial charge in [-0.25, -0.2) is 0 Å². The molecular weight excluding hydrogens is 318 g/mol. The van der Waals surface area contributed by atoms with E-state index >= 15 is 0 Å². The van der Waals surface area contributed by atoms with Gasteiger partial charge < -0.3 is 0 Å². The molecule has 0 bridgehead atoms. The Morgan fingerprint density at radius 3 is 2.38 bits per heavy atom. The van der Waals surface area contributed by atoms with E-state index in [4.69, 9.17) is 17.0 Å². The first-order valence-corrected chi connectivity index (χ1v) is 11.6. The molecule has 1 aromatic rings. The molecule has 0 heterocycles. The van der Waals surface area contributed by atoms with Crippen LogP contribution in [0, 0.1) is 20.3 Å². The maximum absolute atomic E-state index is 4.93. The normalized spacial score (nSPS) is 12.4. The Bertz CT molecular complexity index is 397. The van der Waals surface area contributed by atoms with E-state index in [2.05, 4.69) is 45.4 Å². The fraction of sp³-hybridized carbons (Fsp3) is 0.308. The predicted molar refractivity (Wildman–Crippen MR) is 69.3 cm³/mol. The Morgan fingerprint density at radius 2 is 1.81 bits per heavy atom. The SMILES string of the molecule is CCC1=Cc2c(C)cc(C)cc2[CH]1.[Cl][Zr][Cl]. The molecule has 0 nitrogen and oxygen atoms in total. The van der Waals surface area contributed by atoms with Gasteiger partial charge in [-0.15, -0.1) is 0 Å². The Kier molecular flexibility index (Phi) is 6.33. The van der Waals surface area contributed by atoms with Crippen molar-refractivity contribution in [2.75, 3.05) is 0 Å². The summed E-state index contributed by atoms with van der Waals surface area (Å²) in [5, 5.41) is 0. The minimum absolute atomic E-state index is 0.826. The van der Waals surface area contributed by atoms with Gasteiger partial charge in [0, 0.05) is 6.42 Å². The van der Waals surface area contributed by atoms with E-state index in [0.717, 1.165) is 6.42 Å². The number of allylic oxidation sites excluding steroid dienone is 1. The van der Waals surface area contributed by atoms with Crippen molar-refractivity contribution in [3.63, 3.8) is 0 Å². The first kappa shape index (κ1) is 14.5. The van der Waals surface area contributed by atoms with Crippen molar-refractivity contribution in [1.82, 2.24) is 0 Å². The summed E-state index contributed by atoms with van der Waals surface area (Å²) in [5.74, 6) is 0. The van der Waals surface area contributed by atoms with E-state index in [9.17, 15) is 0 Å². The van der Waals surface area contributed by atoms with E-state index in [1.165, 1.54) is 27.8 Å². The minimum atomic E-state index is -0.826. The molecule has 0 saturated heterocycles. The molecule has 0 saturated carbocycles. The quantitative estimate of drug-likeness (QED) is 0.675. The van der Waals surface area contributed by atoms with Crippen molar-refractivity contribution in [1.29, 1.82) is 0 Å². The second-order valence-corrected chi connectivity index (χ2v) is 7.61. The molecule has 0 spiro atoms. The molecule has 0 amide bonds. The van der Waals surface area contributed by atoms with Gasteiger partial charge in [0.15, 0.2) is 0 Å². The Hall–Kier alpha value is 0.423. The van der Waals surface area contributed by atoms with Crippen molar-refractivity contribution in [2.24, 2.45) is 0 Å². The third-order valence-corrected chi connectivity index (χ3v) is 2.64. The summed E-state index contributed by atoms with van der Waals surface area (Å²) in [6.07, 6.45) is 5.74. The predicted octanol–water partition coefficient (Wildman–Crippen LogP) is 5.04. The standard InChI is InChI=1S/C13H15.2ClH.Zr/c1-4-11-7-12-6-9(2)5-10(3)13(12)8-11;;;/h5-8H,4H2,1-3H3;2*1H;/q;;;+2/p-2. The van der Waals surface area contributed by atoms with Crippen LogP contribution in [0.1, 0.15) is 35.6 Å². The molecule has 3 heteroatoms. The summed E-state index contributed by atoms with van der Waals surface area (Å²) in [5.41, 5.74) is 7.02. The molecule has 85 valence electrons. The molecule has 1 aromatic carbocycles. The van der Waals surface area contributed by atoms with Crippen LogP contribution >= 0.6 is 17.0 Å². The van der Waals surface area contributed by atoms with Crippen LogP contribution in [0.3, 0.4) is 0 Å². The van der Waals surface area contributed by atoms with Gasteiger partial charge in [0.1, 0.15) is 0 Å². The van der Waals surface area contributed by atoms with Crippen LogP contribution in [-0.4, -0.2) is 0 Å². The average Bonchev–Trinajstić information content (AvgIpc) is 2.62. The molecule has 0 fully saturated rings. The number of fused-ring (bicyclic) bond motifs is 1. The van der Waals surface area contributed by atoms with Crippen LogP contribution in [0.5, 0.6) is 0 Å². The van der Waals surface area contributed by atoms with E-state index in [0.29, 0.717) is 0 Å². The number of rotatable bonds is 1. The van der Waals surface area contributed by atoms with E-state index < -0.39 is 20.8 Å². The van der Waals surface area contributed by atoms with Gasteiger partial charge in [0.25, 0.3) is 0 Å². The van der Waals surface area contributed by atoms with Crippen molar-refractivity contribution in [3.8, 4) is 0 Å². The number of halogens is 2. The molecule has 0 aliphatic heterocycles. The number of benzene rings is 1. The molecule has 0 aromatic heterocycles. The van der Waals surface area contributed by atoms with Gasteiger partial charge in [-0.1, -0.05) is 36.3 Å². The molecule has 0 unspecified atom stereocenters. The molecular formula is C13H15Cl2Zr. The molecule has 16 heavy (non-hydrogen) atoms. The summed E-state index contributed by atoms with van der Waals surface area (Å²) >= 11 is -0.826. The first-order chi connectivity index (χ1) is 7.62. The Balaban J connectivity index is 0.000000386. The van der Waals surface area contributed by atoms with Crippen LogP contribution in [-0.2, 0) is 20.8 Å². The zero-order valence-electron chi connectivity index (χ0n) is 9.77. The van der Waals surface area contributed by atoms with Gasteiger partial charge >= 0.3 is 37.9 Å². The zero-order chi connectivity index (χ0) is 12.1. The first-order valence-electron chi connectivity index (χ1n) is 5.25. The summed E-state index contributed by atoms with van der Waals surface area (Å²) in [7, 11) is 9.87. The van der Waals surface area contributed by atoms with Crippen LogP contribution in [0.2, 0.25) is 0 Å². The van der Waals surface area contributed by atoms with E-state index in [1.807, 2.05) is 0 Å². The molecule has 1 radical (unpaired) electrons. The molecule has 0 atom stereocenters. The monoisotopic (exact) mass is 331 g/mol. The van der Waals surface area contributed by atoms with Gasteiger partial charge in [0.05, 0.1) is 0 Å². The molecule has 1 aliphatic rings. The van der Waals surface area contributed by atoms with Crippen molar-refractivity contribution < 1.29 is 20.8 Å². The number of hydrogen-bond acceptors (Lipinski definition) is 0. The van der Waals surface area contributed by atoms with Crippen molar-refractivity contribution >= 4 is 23.1 Å². The second-order valence-electron chi connectivity index (χ2n) is 3.87. The fourth-order valence-electron chi connectivity index (χ4n) is 1.96. The Labute approximate surface area is 117 Å². The maximum atomic E-state index is 4.93. The van der Waals surface area contributed by atoms with E-state index in [1.54, 1.807) is 0 Å². The van der Waals surface area contributed by atoms with Gasteiger partial charge in [-0.05, 0) is 37.0 Å². The van der Waals surface area contributed by atoms with Crippen LogP contribution in [0.25, 0.3) is 6.08 Å². The number of hydrogen-bond donors (Lipinski definition) is 0. The summed E-state index contributed by atoms with van der Waals surface area (Å²) < 4.78 is 0. The molecule has 0 N–H and O–H groups in total. The molecule has 1 aliphatic carbocycles. The zero-order valence-corrected chi connectivity index (χ0v) is 13.7. The summed E-state index contributed by atoms with van der Waals surface area (Å²) in [6, 6.07) is 4.52.